The van der Waals surface area contributed by atoms with Crippen molar-refractivity contribution in [2.45, 2.75) is 0 Å². The van der Waals surface area contributed by atoms with Crippen LogP contribution in [0.1, 0.15) is 0 Å². The third-order valence-electron chi connectivity index (χ3n) is 0.620. The van der Waals surface area contributed by atoms with E-state index in [1.807, 2.05) is 0 Å². The van der Waals surface area contributed by atoms with Crippen LogP contribution in [-0.2, 0) is 9.53 Å². The molecule has 0 rings (SSSR count). The van der Waals surface area contributed by atoms with Crippen LogP contribution in [0.15, 0.2) is 12.7 Å². The monoisotopic (exact) mass is 145 g/mol. The molecule has 0 bridgehead atoms. The van der Waals surface area contributed by atoms with Gasteiger partial charge in [0.2, 0.25) is 0 Å². The first-order valence-corrected chi connectivity index (χ1v) is 2.55. The Morgan fingerprint density at radius 2 is 2.40 bits per heavy atom. The fourth-order valence-electron chi connectivity index (χ4n) is 0.303. The predicted molar refractivity (Wildman–Crippen MR) is 33.0 cm³/mol. The maximum absolute atomic E-state index is 10.3. The van der Waals surface area contributed by atoms with E-state index < -0.39 is 17.4 Å². The summed E-state index contributed by atoms with van der Waals surface area (Å²) in [5.74, 6) is -0.843. The van der Waals surface area contributed by atoms with Crippen molar-refractivity contribution in [1.82, 2.24) is 0 Å². The van der Waals surface area contributed by atoms with Gasteiger partial charge in [-0.2, -0.15) is 0 Å². The third kappa shape index (κ3) is 4.76. The van der Waals surface area contributed by atoms with Crippen molar-refractivity contribution >= 4 is 5.97 Å². The SMILES string of the molecule is C=CCOC(=O)C[N+](=O)[O-]. The average Bonchev–Trinajstić information content (AvgIpc) is 1.82. The van der Waals surface area contributed by atoms with Crippen LogP contribution < -0.4 is 0 Å². The first-order chi connectivity index (χ1) is 4.66. The maximum atomic E-state index is 10.3. The molecule has 0 spiro atoms. The lowest BCUT2D eigenvalue weighted by Crippen LogP contribution is -2.16. The molecule has 0 aliphatic carbocycles. The van der Waals surface area contributed by atoms with Crippen LogP contribution in [0.3, 0.4) is 0 Å². The van der Waals surface area contributed by atoms with Crippen LogP contribution >= 0.6 is 0 Å². The molecule has 0 amide bonds. The lowest BCUT2D eigenvalue weighted by Gasteiger charge is -1.94. The van der Waals surface area contributed by atoms with Crippen LogP contribution in [0.4, 0.5) is 0 Å². The first kappa shape index (κ1) is 8.61. The highest BCUT2D eigenvalue weighted by Crippen LogP contribution is 1.79. The topological polar surface area (TPSA) is 69.4 Å². The Morgan fingerprint density at radius 1 is 1.80 bits per heavy atom. The maximum Gasteiger partial charge on any atom is 0.378 e. The largest absolute Gasteiger partial charge is 0.457 e. The standard InChI is InChI=1S/C5H7NO4/c1-2-3-10-5(7)4-6(8)9/h2H,1,3-4H2. The van der Waals surface area contributed by atoms with E-state index in [1.54, 1.807) is 0 Å². The molecule has 0 heterocycles. The van der Waals surface area contributed by atoms with Crippen molar-refractivity contribution in [3.8, 4) is 0 Å². The summed E-state index contributed by atoms with van der Waals surface area (Å²) in [5.41, 5.74) is 0. The van der Waals surface area contributed by atoms with Gasteiger partial charge in [0, 0.05) is 4.92 Å². The number of carbonyl (C=O) groups is 1. The van der Waals surface area contributed by atoms with E-state index >= 15 is 0 Å². The fourth-order valence-corrected chi connectivity index (χ4v) is 0.303. The molecule has 10 heavy (non-hydrogen) atoms. The summed E-state index contributed by atoms with van der Waals surface area (Å²) in [6.07, 6.45) is 1.35. The second-order valence-corrected chi connectivity index (χ2v) is 1.46. The van der Waals surface area contributed by atoms with E-state index in [-0.39, 0.29) is 6.61 Å². The van der Waals surface area contributed by atoms with Gasteiger partial charge in [0.1, 0.15) is 6.61 Å². The smallest absolute Gasteiger partial charge is 0.378 e. The predicted octanol–water partition coefficient (Wildman–Crippen LogP) is -0.00770. The molecule has 5 nitrogen and oxygen atoms in total. The molecule has 0 aromatic rings. The summed E-state index contributed by atoms with van der Waals surface area (Å²) >= 11 is 0. The van der Waals surface area contributed by atoms with Crippen LogP contribution in [-0.4, -0.2) is 24.0 Å². The van der Waals surface area contributed by atoms with Crippen molar-refractivity contribution < 1.29 is 14.5 Å². The number of ether oxygens (including phenoxy) is 1. The molecule has 0 fully saturated rings. The second kappa shape index (κ2) is 4.49. The lowest BCUT2D eigenvalue weighted by molar-refractivity contribution is -0.470. The Balaban J connectivity index is 3.43. The Hall–Kier alpha value is -1.39. The number of hydrogen-bond acceptors (Lipinski definition) is 4. The fraction of sp³-hybridized carbons (Fsp3) is 0.400. The van der Waals surface area contributed by atoms with E-state index in [2.05, 4.69) is 11.3 Å². The van der Waals surface area contributed by atoms with Gasteiger partial charge in [-0.05, 0) is 0 Å². The zero-order valence-electron chi connectivity index (χ0n) is 5.28. The molecular formula is C5H7NO4. The van der Waals surface area contributed by atoms with Gasteiger partial charge in [-0.3, -0.25) is 10.1 Å². The molecule has 5 heteroatoms. The summed E-state index contributed by atoms with van der Waals surface area (Å²) < 4.78 is 4.30. The zero-order valence-corrected chi connectivity index (χ0v) is 5.28. The molecule has 0 aliphatic rings. The number of carbonyl (C=O) groups excluding carboxylic acids is 1. The van der Waals surface area contributed by atoms with Crippen LogP contribution in [0.25, 0.3) is 0 Å². The quantitative estimate of drug-likeness (QED) is 0.241. The summed E-state index contributed by atoms with van der Waals surface area (Å²) in [5, 5.41) is 9.65. The minimum absolute atomic E-state index is 0.0205. The Bertz CT molecular complexity index is 154. The van der Waals surface area contributed by atoms with Gasteiger partial charge in [-0.1, -0.05) is 12.7 Å². The number of esters is 1. The molecule has 0 saturated carbocycles. The van der Waals surface area contributed by atoms with Gasteiger partial charge in [0.15, 0.2) is 0 Å². The number of rotatable bonds is 4. The summed E-state index contributed by atoms with van der Waals surface area (Å²) in [6.45, 7) is 2.50. The van der Waals surface area contributed by atoms with E-state index in [9.17, 15) is 14.9 Å². The zero-order chi connectivity index (χ0) is 7.98. The van der Waals surface area contributed by atoms with Crippen LogP contribution in [0, 0.1) is 10.1 Å². The van der Waals surface area contributed by atoms with Crippen molar-refractivity contribution in [2.75, 3.05) is 13.2 Å². The number of hydrogen-bond donors (Lipinski definition) is 0. The van der Waals surface area contributed by atoms with Gasteiger partial charge < -0.3 is 4.74 Å². The van der Waals surface area contributed by atoms with Crippen molar-refractivity contribution in [3.05, 3.63) is 22.8 Å². The highest BCUT2D eigenvalue weighted by atomic mass is 16.6. The molecule has 0 unspecified atom stereocenters. The molecule has 0 radical (unpaired) electrons. The van der Waals surface area contributed by atoms with E-state index in [0.29, 0.717) is 0 Å². The molecule has 0 aromatic heterocycles. The Morgan fingerprint density at radius 3 is 2.80 bits per heavy atom. The van der Waals surface area contributed by atoms with Gasteiger partial charge >= 0.3 is 5.97 Å². The molecule has 0 N–H and O–H groups in total. The number of nitro groups is 1. The molecule has 56 valence electrons. The molecule has 0 saturated heterocycles. The first-order valence-electron chi connectivity index (χ1n) is 2.55. The molecule has 0 aliphatic heterocycles. The normalized spacial score (nSPS) is 8.40. The van der Waals surface area contributed by atoms with Gasteiger partial charge in [-0.25, -0.2) is 4.79 Å². The Labute approximate surface area is 57.4 Å². The van der Waals surface area contributed by atoms with Crippen LogP contribution in [0.2, 0.25) is 0 Å². The minimum atomic E-state index is -0.843. The second-order valence-electron chi connectivity index (χ2n) is 1.46. The molecule has 0 aromatic carbocycles. The molecular weight excluding hydrogens is 138 g/mol. The van der Waals surface area contributed by atoms with Crippen molar-refractivity contribution in [1.29, 1.82) is 0 Å². The van der Waals surface area contributed by atoms with Crippen molar-refractivity contribution in [2.24, 2.45) is 0 Å². The lowest BCUT2D eigenvalue weighted by atomic mass is 10.6. The van der Waals surface area contributed by atoms with Crippen molar-refractivity contribution in [3.63, 3.8) is 0 Å². The highest BCUT2D eigenvalue weighted by molar-refractivity contribution is 5.70. The Kier molecular flexibility index (Phi) is 3.86. The summed E-state index contributed by atoms with van der Waals surface area (Å²) in [4.78, 5) is 19.2. The van der Waals surface area contributed by atoms with E-state index in [0.717, 1.165) is 0 Å². The van der Waals surface area contributed by atoms with Gasteiger partial charge in [-0.15, -0.1) is 0 Å². The average molecular weight is 145 g/mol. The number of nitrogens with zero attached hydrogens (tertiary/aromatic N) is 1. The van der Waals surface area contributed by atoms with Gasteiger partial charge in [0.05, 0.1) is 0 Å². The van der Waals surface area contributed by atoms with E-state index in [1.165, 1.54) is 6.08 Å². The van der Waals surface area contributed by atoms with Crippen LogP contribution in [0.5, 0.6) is 0 Å². The minimum Gasteiger partial charge on any atom is -0.457 e. The third-order valence-corrected chi connectivity index (χ3v) is 0.620. The summed E-state index contributed by atoms with van der Waals surface area (Å²) in [7, 11) is 0. The van der Waals surface area contributed by atoms with Gasteiger partial charge in [0.25, 0.3) is 6.54 Å². The van der Waals surface area contributed by atoms with E-state index in [4.69, 9.17) is 0 Å². The highest BCUT2D eigenvalue weighted by Gasteiger charge is 2.08. The molecule has 0 atom stereocenters. The summed E-state index contributed by atoms with van der Waals surface area (Å²) in [6, 6.07) is 0.